The Hall–Kier alpha value is -1.97. The van der Waals surface area contributed by atoms with Gasteiger partial charge in [0.25, 0.3) is 10.0 Å². The number of imidazole rings is 1. The third-order valence-corrected chi connectivity index (χ3v) is 7.08. The average molecular weight is 418 g/mol. The van der Waals surface area contributed by atoms with Crippen molar-refractivity contribution in [3.8, 4) is 6.07 Å². The summed E-state index contributed by atoms with van der Waals surface area (Å²) in [6.07, 6.45) is 0.821. The Morgan fingerprint density at radius 2 is 1.73 bits per heavy atom. The molecule has 0 aliphatic heterocycles. The van der Waals surface area contributed by atoms with E-state index in [2.05, 4.69) is 4.98 Å². The van der Waals surface area contributed by atoms with Gasteiger partial charge in [0.15, 0.2) is 5.03 Å². The number of nitriles is 1. The highest BCUT2D eigenvalue weighted by Crippen LogP contribution is 2.19. The zero-order chi connectivity index (χ0) is 19.7. The number of hydrogen-bond acceptors (Lipinski definition) is 6. The molecule has 0 aliphatic rings. The molecule has 9 nitrogen and oxygen atoms in total. The predicted octanol–water partition coefficient (Wildman–Crippen LogP) is 0.883. The topological polar surface area (TPSA) is 116 Å². The summed E-state index contributed by atoms with van der Waals surface area (Å²) in [6.45, 7) is 0.0225. The maximum absolute atomic E-state index is 12.7. The van der Waals surface area contributed by atoms with Gasteiger partial charge >= 0.3 is 10.2 Å². The summed E-state index contributed by atoms with van der Waals surface area (Å²) < 4.78 is 52.2. The Morgan fingerprint density at radius 1 is 1.15 bits per heavy atom. The monoisotopic (exact) mass is 417 g/mol. The molecule has 0 fully saturated rings. The second-order valence-corrected chi connectivity index (χ2v) is 9.94. The first kappa shape index (κ1) is 20.3. The van der Waals surface area contributed by atoms with Crippen LogP contribution in [0.1, 0.15) is 11.4 Å². The second-order valence-electron chi connectivity index (χ2n) is 5.49. The number of rotatable bonds is 6. The average Bonchev–Trinajstić information content (AvgIpc) is 3.02. The van der Waals surface area contributed by atoms with Crippen LogP contribution in [0.25, 0.3) is 0 Å². The first-order valence-electron chi connectivity index (χ1n) is 7.13. The van der Waals surface area contributed by atoms with Crippen molar-refractivity contribution < 1.29 is 16.8 Å². The number of halogens is 1. The van der Waals surface area contributed by atoms with Gasteiger partial charge in [-0.2, -0.15) is 22.3 Å². The van der Waals surface area contributed by atoms with Crippen LogP contribution in [-0.2, 0) is 26.8 Å². The minimum absolute atomic E-state index is 0.0225. The van der Waals surface area contributed by atoms with Crippen molar-refractivity contribution in [3.63, 3.8) is 0 Å². The lowest BCUT2D eigenvalue weighted by Gasteiger charge is -2.15. The van der Waals surface area contributed by atoms with Crippen LogP contribution in [0, 0.1) is 11.3 Å². The highest BCUT2D eigenvalue weighted by atomic mass is 35.5. The number of sulfonamides is 1. The van der Waals surface area contributed by atoms with E-state index in [4.69, 9.17) is 16.9 Å². The third-order valence-electron chi connectivity index (χ3n) is 3.46. The molecule has 0 N–H and O–H groups in total. The van der Waals surface area contributed by atoms with Crippen molar-refractivity contribution in [2.45, 2.75) is 11.6 Å². The molecular weight excluding hydrogens is 402 g/mol. The summed E-state index contributed by atoms with van der Waals surface area (Å²) in [7, 11) is -4.34. The molecule has 140 valence electrons. The van der Waals surface area contributed by atoms with Gasteiger partial charge in [-0.05, 0) is 17.7 Å². The molecule has 12 heteroatoms. The zero-order valence-corrected chi connectivity index (χ0v) is 16.5. The Labute approximate surface area is 157 Å². The highest BCUT2D eigenvalue weighted by Gasteiger charge is 2.29. The molecule has 2 rings (SSSR count). The zero-order valence-electron chi connectivity index (χ0n) is 14.2. The molecule has 0 spiro atoms. The lowest BCUT2D eigenvalue weighted by Crippen LogP contribution is -2.29. The molecule has 1 aromatic heterocycles. The van der Waals surface area contributed by atoms with E-state index < -0.39 is 31.1 Å². The second kappa shape index (κ2) is 7.34. The molecule has 0 saturated carbocycles. The van der Waals surface area contributed by atoms with E-state index in [0.717, 1.165) is 14.8 Å². The fourth-order valence-electron chi connectivity index (χ4n) is 1.99. The van der Waals surface area contributed by atoms with E-state index in [1.807, 2.05) is 0 Å². The Bertz CT molecular complexity index is 1050. The maximum atomic E-state index is 12.7. The van der Waals surface area contributed by atoms with Crippen molar-refractivity contribution in [2.24, 2.45) is 0 Å². The van der Waals surface area contributed by atoms with Crippen molar-refractivity contribution >= 4 is 31.8 Å². The van der Waals surface area contributed by atoms with Gasteiger partial charge < -0.3 is 0 Å². The molecule has 0 radical (unpaired) electrons. The molecule has 0 saturated heterocycles. The Balaban J connectivity index is 2.42. The quantitative estimate of drug-likeness (QED) is 0.688. The SMILES string of the molecule is CN(Cc1ccc(Cl)cc1)S(=O)(=O)c1cn(S(=O)(=O)N(C)C)c(C#N)n1. The van der Waals surface area contributed by atoms with Gasteiger partial charge in [0, 0.05) is 32.7 Å². The summed E-state index contributed by atoms with van der Waals surface area (Å²) in [5, 5.41) is 9.09. The fourth-order valence-corrected chi connectivity index (χ4v) is 4.14. The van der Waals surface area contributed by atoms with E-state index in [1.54, 1.807) is 30.3 Å². The third kappa shape index (κ3) is 3.89. The van der Waals surface area contributed by atoms with Crippen molar-refractivity contribution in [2.75, 3.05) is 21.1 Å². The molecule has 0 unspecified atom stereocenters. The Kier molecular flexibility index (Phi) is 5.74. The van der Waals surface area contributed by atoms with Crippen molar-refractivity contribution in [1.29, 1.82) is 5.26 Å². The number of nitrogens with zero attached hydrogens (tertiary/aromatic N) is 5. The summed E-state index contributed by atoms with van der Waals surface area (Å²) in [5.74, 6) is -0.544. The van der Waals surface area contributed by atoms with Crippen molar-refractivity contribution in [3.05, 3.63) is 46.9 Å². The van der Waals surface area contributed by atoms with E-state index in [9.17, 15) is 16.8 Å². The van der Waals surface area contributed by atoms with Gasteiger partial charge in [-0.25, -0.2) is 17.4 Å². The van der Waals surface area contributed by atoms with E-state index in [1.165, 1.54) is 21.1 Å². The van der Waals surface area contributed by atoms with Crippen LogP contribution in [0.3, 0.4) is 0 Å². The summed E-state index contributed by atoms with van der Waals surface area (Å²) in [6, 6.07) is 8.19. The first-order chi connectivity index (χ1) is 12.0. The molecule has 0 atom stereocenters. The standard InChI is InChI=1S/C14H16ClN5O4S2/c1-18(2)26(23,24)20-10-14(17-13(20)8-16)25(21,22)19(3)9-11-4-6-12(15)7-5-11/h4-7,10H,9H2,1-3H3. The normalized spacial score (nSPS) is 12.5. The molecule has 2 aromatic rings. The molecule has 0 amide bonds. The minimum Gasteiger partial charge on any atom is -0.205 e. The maximum Gasteiger partial charge on any atom is 0.309 e. The van der Waals surface area contributed by atoms with E-state index in [0.29, 0.717) is 14.6 Å². The molecule has 1 heterocycles. The lowest BCUT2D eigenvalue weighted by molar-refractivity contribution is 0.464. The molecule has 1 aromatic carbocycles. The van der Waals surface area contributed by atoms with Gasteiger partial charge in [0.2, 0.25) is 5.82 Å². The van der Waals surface area contributed by atoms with Crippen LogP contribution in [0.15, 0.2) is 35.5 Å². The van der Waals surface area contributed by atoms with Crippen LogP contribution < -0.4 is 0 Å². The Morgan fingerprint density at radius 3 is 2.23 bits per heavy atom. The van der Waals surface area contributed by atoms with Crippen molar-refractivity contribution in [1.82, 2.24) is 17.6 Å². The van der Waals surface area contributed by atoms with Gasteiger partial charge in [-0.1, -0.05) is 23.7 Å². The van der Waals surface area contributed by atoms with Gasteiger partial charge in [0.05, 0.1) is 6.20 Å². The summed E-state index contributed by atoms with van der Waals surface area (Å²) in [4.78, 5) is 3.67. The minimum atomic E-state index is -4.11. The largest absolute Gasteiger partial charge is 0.309 e. The van der Waals surface area contributed by atoms with Gasteiger partial charge in [-0.3, -0.25) is 0 Å². The van der Waals surface area contributed by atoms with Crippen LogP contribution in [0.4, 0.5) is 0 Å². The van der Waals surface area contributed by atoms with Crippen LogP contribution in [0.2, 0.25) is 5.02 Å². The number of aromatic nitrogens is 2. The first-order valence-corrected chi connectivity index (χ1v) is 10.3. The number of benzene rings is 1. The summed E-state index contributed by atoms with van der Waals surface area (Å²) in [5.41, 5.74) is 0.682. The molecular formula is C14H16ClN5O4S2. The van der Waals surface area contributed by atoms with E-state index >= 15 is 0 Å². The van der Waals surface area contributed by atoms with E-state index in [-0.39, 0.29) is 6.54 Å². The van der Waals surface area contributed by atoms with Crippen LogP contribution in [0.5, 0.6) is 0 Å². The molecule has 0 bridgehead atoms. The van der Waals surface area contributed by atoms with Gasteiger partial charge in [-0.15, -0.1) is 0 Å². The fraction of sp³-hybridized carbons (Fsp3) is 0.286. The number of hydrogen-bond donors (Lipinski definition) is 0. The van der Waals surface area contributed by atoms with Crippen LogP contribution >= 0.6 is 11.6 Å². The van der Waals surface area contributed by atoms with Crippen LogP contribution in [-0.4, -0.2) is 55.5 Å². The predicted molar refractivity (Wildman–Crippen MR) is 95.1 cm³/mol. The lowest BCUT2D eigenvalue weighted by atomic mass is 10.2. The summed E-state index contributed by atoms with van der Waals surface area (Å²) >= 11 is 5.80. The molecule has 0 aliphatic carbocycles. The smallest absolute Gasteiger partial charge is 0.205 e. The molecule has 26 heavy (non-hydrogen) atoms. The highest BCUT2D eigenvalue weighted by molar-refractivity contribution is 7.89. The van der Waals surface area contributed by atoms with Gasteiger partial charge in [0.1, 0.15) is 6.07 Å².